The van der Waals surface area contributed by atoms with Crippen LogP contribution in [0.1, 0.15) is 37.3 Å². The van der Waals surface area contributed by atoms with E-state index in [1.165, 1.54) is 5.69 Å². The number of nitrogens with zero attached hydrogens (tertiary/aromatic N) is 3. The Morgan fingerprint density at radius 3 is 2.75 bits per heavy atom. The van der Waals surface area contributed by atoms with Crippen molar-refractivity contribution < 1.29 is 4.79 Å². The van der Waals surface area contributed by atoms with Crippen LogP contribution >= 0.6 is 0 Å². The van der Waals surface area contributed by atoms with Crippen LogP contribution in [0.3, 0.4) is 0 Å². The Labute approximate surface area is 120 Å². The van der Waals surface area contributed by atoms with Gasteiger partial charge in [0, 0.05) is 44.5 Å². The van der Waals surface area contributed by atoms with Crippen molar-refractivity contribution in [2.75, 3.05) is 26.2 Å². The van der Waals surface area contributed by atoms with Crippen LogP contribution in [0.5, 0.6) is 0 Å². The summed E-state index contributed by atoms with van der Waals surface area (Å²) in [5.74, 6) is 1.12. The van der Waals surface area contributed by atoms with Crippen LogP contribution in [-0.4, -0.2) is 46.8 Å². The molecule has 1 aromatic heterocycles. The van der Waals surface area contributed by atoms with Crippen LogP contribution in [0.4, 0.5) is 0 Å². The molecule has 1 N–H and O–H groups in total. The number of hydrogen-bond donors (Lipinski definition) is 1. The maximum Gasteiger partial charge on any atom is 0.226 e. The molecular weight excluding hydrogens is 252 g/mol. The second-order valence-corrected chi connectivity index (χ2v) is 6.02. The highest BCUT2D eigenvalue weighted by Crippen LogP contribution is 2.28. The molecule has 2 aliphatic rings. The van der Waals surface area contributed by atoms with Gasteiger partial charge in [-0.1, -0.05) is 0 Å². The Morgan fingerprint density at radius 2 is 2.15 bits per heavy atom. The minimum Gasteiger partial charge on any atom is -0.342 e. The Morgan fingerprint density at radius 1 is 1.35 bits per heavy atom. The number of piperidine rings is 2. The lowest BCUT2D eigenvalue weighted by Gasteiger charge is -2.35. The van der Waals surface area contributed by atoms with Crippen molar-refractivity contribution in [3.8, 4) is 0 Å². The molecule has 2 fully saturated rings. The fourth-order valence-electron chi connectivity index (χ4n) is 3.50. The Balaban J connectivity index is 1.55. The van der Waals surface area contributed by atoms with Gasteiger partial charge in [0.05, 0.1) is 5.92 Å². The van der Waals surface area contributed by atoms with Gasteiger partial charge in [-0.3, -0.25) is 9.48 Å². The molecule has 1 unspecified atom stereocenters. The van der Waals surface area contributed by atoms with E-state index in [1.807, 2.05) is 17.9 Å². The van der Waals surface area contributed by atoms with Gasteiger partial charge in [-0.05, 0) is 38.3 Å². The third-order valence-electron chi connectivity index (χ3n) is 4.73. The molecule has 1 atom stereocenters. The lowest BCUT2D eigenvalue weighted by Crippen LogP contribution is -2.45. The number of rotatable bonds is 2. The minimum atomic E-state index is 0.206. The van der Waals surface area contributed by atoms with Crippen molar-refractivity contribution in [1.29, 1.82) is 0 Å². The van der Waals surface area contributed by atoms with Crippen molar-refractivity contribution in [2.24, 2.45) is 13.0 Å². The quantitative estimate of drug-likeness (QED) is 0.881. The first-order valence-electron chi connectivity index (χ1n) is 7.73. The molecule has 110 valence electrons. The van der Waals surface area contributed by atoms with Crippen molar-refractivity contribution in [3.05, 3.63) is 18.0 Å². The van der Waals surface area contributed by atoms with E-state index in [9.17, 15) is 4.79 Å². The first kappa shape index (κ1) is 13.6. The zero-order valence-electron chi connectivity index (χ0n) is 12.2. The number of aryl methyl sites for hydroxylation is 1. The number of carbonyl (C=O) groups excluding carboxylic acids is 1. The van der Waals surface area contributed by atoms with Crippen LogP contribution in [0.25, 0.3) is 0 Å². The molecule has 0 saturated carbocycles. The van der Waals surface area contributed by atoms with E-state index in [4.69, 9.17) is 0 Å². The number of aromatic nitrogens is 2. The van der Waals surface area contributed by atoms with Gasteiger partial charge in [-0.25, -0.2) is 0 Å². The molecule has 20 heavy (non-hydrogen) atoms. The lowest BCUT2D eigenvalue weighted by atomic mass is 9.91. The average molecular weight is 276 g/mol. The number of carbonyl (C=O) groups is 1. The summed E-state index contributed by atoms with van der Waals surface area (Å²) in [5, 5.41) is 7.58. The predicted molar refractivity (Wildman–Crippen MR) is 77.4 cm³/mol. The van der Waals surface area contributed by atoms with Crippen LogP contribution in [0.2, 0.25) is 0 Å². The normalized spacial score (nSPS) is 24.9. The predicted octanol–water partition coefficient (Wildman–Crippen LogP) is 1.13. The van der Waals surface area contributed by atoms with Gasteiger partial charge in [-0.15, -0.1) is 0 Å². The molecular formula is C15H24N4O. The number of likely N-dealkylation sites (tertiary alicyclic amines) is 1. The molecule has 0 spiro atoms. The maximum atomic E-state index is 12.5. The summed E-state index contributed by atoms with van der Waals surface area (Å²) >= 11 is 0. The van der Waals surface area contributed by atoms with Crippen LogP contribution in [0, 0.1) is 5.92 Å². The summed E-state index contributed by atoms with van der Waals surface area (Å²) in [4.78, 5) is 14.6. The maximum absolute atomic E-state index is 12.5. The Kier molecular flexibility index (Phi) is 4.05. The van der Waals surface area contributed by atoms with Gasteiger partial charge >= 0.3 is 0 Å². The summed E-state index contributed by atoms with van der Waals surface area (Å²) in [6, 6.07) is 2.10. The van der Waals surface area contributed by atoms with Gasteiger partial charge < -0.3 is 10.2 Å². The van der Waals surface area contributed by atoms with Gasteiger partial charge in [0.25, 0.3) is 0 Å². The summed E-state index contributed by atoms with van der Waals surface area (Å²) in [6.45, 7) is 3.71. The number of hydrogen-bond acceptors (Lipinski definition) is 3. The molecule has 0 aromatic carbocycles. The summed E-state index contributed by atoms with van der Waals surface area (Å²) in [7, 11) is 2.00. The summed E-state index contributed by atoms with van der Waals surface area (Å²) in [5.41, 5.74) is 1.30. The molecule has 3 rings (SSSR count). The smallest absolute Gasteiger partial charge is 0.226 e. The zero-order chi connectivity index (χ0) is 13.9. The molecule has 1 amide bonds. The summed E-state index contributed by atoms with van der Waals surface area (Å²) < 4.78 is 1.97. The molecule has 1 aromatic rings. The standard InChI is InChI=1S/C15H24N4O/c1-18-14(4-8-17-18)12-5-9-19(10-6-12)15(20)13-3-2-7-16-11-13/h4,8,12-13,16H,2-3,5-7,9-11H2,1H3. The van der Waals surface area contributed by atoms with E-state index < -0.39 is 0 Å². The van der Waals surface area contributed by atoms with Crippen molar-refractivity contribution in [3.63, 3.8) is 0 Å². The fourth-order valence-corrected chi connectivity index (χ4v) is 3.50. The molecule has 0 bridgehead atoms. The third kappa shape index (κ3) is 2.73. The van der Waals surface area contributed by atoms with Crippen LogP contribution < -0.4 is 5.32 Å². The summed E-state index contributed by atoms with van der Waals surface area (Å²) in [6.07, 6.45) is 6.16. The molecule has 3 heterocycles. The van der Waals surface area contributed by atoms with Gasteiger partial charge in [0.1, 0.15) is 0 Å². The highest BCUT2D eigenvalue weighted by Gasteiger charge is 2.30. The Bertz CT molecular complexity index is 456. The molecule has 0 radical (unpaired) electrons. The van der Waals surface area contributed by atoms with E-state index in [0.29, 0.717) is 11.8 Å². The first-order valence-corrected chi connectivity index (χ1v) is 7.73. The first-order chi connectivity index (χ1) is 9.75. The second-order valence-electron chi connectivity index (χ2n) is 6.02. The van der Waals surface area contributed by atoms with E-state index in [-0.39, 0.29) is 5.92 Å². The molecule has 2 aliphatic heterocycles. The molecule has 2 saturated heterocycles. The van der Waals surface area contributed by atoms with Gasteiger partial charge in [0.15, 0.2) is 0 Å². The van der Waals surface area contributed by atoms with Crippen molar-refractivity contribution in [2.45, 2.75) is 31.6 Å². The largest absolute Gasteiger partial charge is 0.342 e. The Hall–Kier alpha value is -1.36. The van der Waals surface area contributed by atoms with Crippen LogP contribution in [0.15, 0.2) is 12.3 Å². The molecule has 5 nitrogen and oxygen atoms in total. The minimum absolute atomic E-state index is 0.206. The average Bonchev–Trinajstić information content (AvgIpc) is 2.94. The van der Waals surface area contributed by atoms with Crippen molar-refractivity contribution in [1.82, 2.24) is 20.0 Å². The van der Waals surface area contributed by atoms with Gasteiger partial charge in [0.2, 0.25) is 5.91 Å². The topological polar surface area (TPSA) is 50.2 Å². The highest BCUT2D eigenvalue weighted by molar-refractivity contribution is 5.79. The monoisotopic (exact) mass is 276 g/mol. The second kappa shape index (κ2) is 5.95. The number of amides is 1. The van der Waals surface area contributed by atoms with Crippen molar-refractivity contribution >= 4 is 5.91 Å². The molecule has 0 aliphatic carbocycles. The SMILES string of the molecule is Cn1nccc1C1CCN(C(=O)C2CCCNC2)CC1. The number of nitrogens with one attached hydrogen (secondary N) is 1. The molecule has 5 heteroatoms. The highest BCUT2D eigenvalue weighted by atomic mass is 16.2. The van der Waals surface area contributed by atoms with Gasteiger partial charge in [-0.2, -0.15) is 5.10 Å². The van der Waals surface area contributed by atoms with E-state index in [1.54, 1.807) is 0 Å². The van der Waals surface area contributed by atoms with Crippen LogP contribution in [-0.2, 0) is 11.8 Å². The fraction of sp³-hybridized carbons (Fsp3) is 0.733. The lowest BCUT2D eigenvalue weighted by molar-refractivity contribution is -0.137. The van der Waals surface area contributed by atoms with E-state index in [2.05, 4.69) is 21.4 Å². The third-order valence-corrected chi connectivity index (χ3v) is 4.73. The zero-order valence-corrected chi connectivity index (χ0v) is 12.2. The van der Waals surface area contributed by atoms with E-state index in [0.717, 1.165) is 51.9 Å². The van der Waals surface area contributed by atoms with E-state index >= 15 is 0 Å².